The number of nitro groups is 1. The first kappa shape index (κ1) is 13.9. The van der Waals surface area contributed by atoms with Crippen molar-refractivity contribution in [3.05, 3.63) is 21.9 Å². The van der Waals surface area contributed by atoms with Crippen LogP contribution in [-0.4, -0.2) is 16.3 Å². The van der Waals surface area contributed by atoms with Gasteiger partial charge in [-0.3, -0.25) is 10.1 Å². The minimum atomic E-state index is -5.17. The lowest BCUT2D eigenvalue weighted by Crippen LogP contribution is -2.19. The summed E-state index contributed by atoms with van der Waals surface area (Å²) in [6, 6.07) is 0.345. The molecule has 1 heterocycles. The van der Waals surface area contributed by atoms with E-state index < -0.39 is 40.7 Å². The molecule has 6 nitrogen and oxygen atoms in total. The van der Waals surface area contributed by atoms with E-state index >= 15 is 0 Å². The molecule has 0 aromatic carbocycles. The van der Waals surface area contributed by atoms with Gasteiger partial charge in [0.05, 0.1) is 4.92 Å². The fourth-order valence-corrected chi connectivity index (χ4v) is 1.08. The van der Waals surface area contributed by atoms with Gasteiger partial charge < -0.3 is 10.5 Å². The Morgan fingerprint density at radius 2 is 2.00 bits per heavy atom. The SMILES string of the molecule is Nc1cc(OC(F)(F)F)nc(C(F)F)c1[N+](=O)[O-]. The molecule has 18 heavy (non-hydrogen) atoms. The van der Waals surface area contributed by atoms with Crippen LogP contribution in [0.1, 0.15) is 12.1 Å². The maximum Gasteiger partial charge on any atom is 0.574 e. The first-order chi connectivity index (χ1) is 8.11. The Morgan fingerprint density at radius 3 is 2.39 bits per heavy atom. The molecule has 0 aliphatic rings. The molecular formula is C7H4F5N3O3. The molecule has 0 spiro atoms. The number of rotatable bonds is 3. The van der Waals surface area contributed by atoms with Crippen molar-refractivity contribution in [3.63, 3.8) is 0 Å². The second-order valence-corrected chi connectivity index (χ2v) is 2.89. The van der Waals surface area contributed by atoms with Crippen LogP contribution in [0.2, 0.25) is 0 Å². The molecule has 0 aliphatic carbocycles. The van der Waals surface area contributed by atoms with Crippen LogP contribution in [0.25, 0.3) is 0 Å². The highest BCUT2D eigenvalue weighted by atomic mass is 19.4. The summed E-state index contributed by atoms with van der Waals surface area (Å²) < 4.78 is 63.6. The number of nitrogens with two attached hydrogens (primary N) is 1. The average Bonchev–Trinajstić information content (AvgIpc) is 2.12. The quantitative estimate of drug-likeness (QED) is 0.518. The van der Waals surface area contributed by atoms with E-state index in [0.29, 0.717) is 6.07 Å². The van der Waals surface area contributed by atoms with Gasteiger partial charge in [-0.2, -0.15) is 0 Å². The number of anilines is 1. The predicted octanol–water partition coefficient (Wildman–Crippen LogP) is 2.41. The molecular weight excluding hydrogens is 269 g/mol. The third-order valence-electron chi connectivity index (χ3n) is 1.64. The highest BCUT2D eigenvalue weighted by Gasteiger charge is 2.34. The van der Waals surface area contributed by atoms with Crippen molar-refractivity contribution in [1.82, 2.24) is 4.98 Å². The molecule has 0 fully saturated rings. The Hall–Kier alpha value is -2.20. The first-order valence-electron chi connectivity index (χ1n) is 4.10. The average molecular weight is 273 g/mol. The van der Waals surface area contributed by atoms with Crippen molar-refractivity contribution in [2.75, 3.05) is 5.73 Å². The van der Waals surface area contributed by atoms with Crippen molar-refractivity contribution in [1.29, 1.82) is 0 Å². The number of hydrogen-bond acceptors (Lipinski definition) is 5. The fraction of sp³-hybridized carbons (Fsp3) is 0.286. The van der Waals surface area contributed by atoms with Crippen LogP contribution in [-0.2, 0) is 0 Å². The minimum Gasteiger partial charge on any atom is -0.393 e. The minimum absolute atomic E-state index is 0.345. The molecule has 0 saturated heterocycles. The van der Waals surface area contributed by atoms with Crippen molar-refractivity contribution >= 4 is 11.4 Å². The van der Waals surface area contributed by atoms with Crippen LogP contribution in [0.4, 0.5) is 33.3 Å². The molecule has 0 amide bonds. The molecule has 1 aromatic rings. The summed E-state index contributed by atoms with van der Waals surface area (Å²) in [5.41, 5.74) is 1.38. The third-order valence-corrected chi connectivity index (χ3v) is 1.64. The second-order valence-electron chi connectivity index (χ2n) is 2.89. The fourth-order valence-electron chi connectivity index (χ4n) is 1.08. The van der Waals surface area contributed by atoms with Crippen LogP contribution in [0, 0.1) is 10.1 Å². The van der Waals surface area contributed by atoms with E-state index in [2.05, 4.69) is 9.72 Å². The number of halogens is 5. The van der Waals surface area contributed by atoms with Crippen molar-refractivity contribution < 1.29 is 31.6 Å². The summed E-state index contributed by atoms with van der Waals surface area (Å²) in [4.78, 5) is 11.9. The van der Waals surface area contributed by atoms with Gasteiger partial charge in [-0.1, -0.05) is 0 Å². The number of pyridine rings is 1. The molecule has 0 atom stereocenters. The molecule has 0 radical (unpaired) electrons. The highest BCUT2D eigenvalue weighted by Crippen LogP contribution is 2.35. The van der Waals surface area contributed by atoms with Gasteiger partial charge in [0, 0.05) is 6.07 Å². The lowest BCUT2D eigenvalue weighted by Gasteiger charge is -2.10. The molecule has 1 aromatic heterocycles. The van der Waals surface area contributed by atoms with Crippen LogP contribution in [0.15, 0.2) is 6.07 Å². The smallest absolute Gasteiger partial charge is 0.393 e. The van der Waals surface area contributed by atoms with Crippen LogP contribution >= 0.6 is 0 Å². The largest absolute Gasteiger partial charge is 0.574 e. The van der Waals surface area contributed by atoms with Crippen LogP contribution in [0.5, 0.6) is 5.88 Å². The summed E-state index contributed by atoms with van der Waals surface area (Å²) in [5, 5.41) is 10.4. The number of nitrogen functional groups attached to an aromatic ring is 1. The highest BCUT2D eigenvalue weighted by molar-refractivity contribution is 5.62. The molecule has 11 heteroatoms. The van der Waals surface area contributed by atoms with E-state index in [-0.39, 0.29) is 0 Å². The van der Waals surface area contributed by atoms with Gasteiger partial charge >= 0.3 is 12.0 Å². The standard InChI is InChI=1S/C7H4F5N3O3/c8-6(9)4-5(15(16)17)2(13)1-3(14-4)18-7(10,11)12/h1,6H,(H2,13,14). The van der Waals surface area contributed by atoms with E-state index in [0.717, 1.165) is 0 Å². The van der Waals surface area contributed by atoms with Gasteiger partial charge in [-0.05, 0) is 0 Å². The van der Waals surface area contributed by atoms with Crippen molar-refractivity contribution in [2.45, 2.75) is 12.8 Å². The third kappa shape index (κ3) is 3.15. The predicted molar refractivity (Wildman–Crippen MR) is 46.9 cm³/mol. The van der Waals surface area contributed by atoms with E-state index in [1.807, 2.05) is 0 Å². The first-order valence-corrected chi connectivity index (χ1v) is 4.10. The Kier molecular flexibility index (Phi) is 3.53. The summed E-state index contributed by atoms with van der Waals surface area (Å²) in [5.74, 6) is -1.29. The van der Waals surface area contributed by atoms with Gasteiger partial charge in [-0.25, -0.2) is 13.8 Å². The molecule has 0 aliphatic heterocycles. The van der Waals surface area contributed by atoms with Gasteiger partial charge in [-0.15, -0.1) is 13.2 Å². The zero-order valence-electron chi connectivity index (χ0n) is 8.24. The normalized spacial score (nSPS) is 11.7. The maximum atomic E-state index is 12.4. The van der Waals surface area contributed by atoms with Gasteiger partial charge in [0.15, 0.2) is 5.69 Å². The van der Waals surface area contributed by atoms with E-state index in [4.69, 9.17) is 5.73 Å². The van der Waals surface area contributed by atoms with E-state index in [9.17, 15) is 32.1 Å². The van der Waals surface area contributed by atoms with Crippen molar-refractivity contribution in [3.8, 4) is 5.88 Å². The van der Waals surface area contributed by atoms with Gasteiger partial charge in [0.1, 0.15) is 5.69 Å². The Labute approximate surface area is 95.3 Å². The lowest BCUT2D eigenvalue weighted by molar-refractivity contribution is -0.385. The molecule has 0 saturated carbocycles. The number of aromatic nitrogens is 1. The molecule has 1 rings (SSSR count). The lowest BCUT2D eigenvalue weighted by atomic mass is 10.2. The monoisotopic (exact) mass is 273 g/mol. The van der Waals surface area contributed by atoms with Crippen LogP contribution < -0.4 is 10.5 Å². The molecule has 0 unspecified atom stereocenters. The molecule has 0 bridgehead atoms. The van der Waals surface area contributed by atoms with Gasteiger partial charge in [0.2, 0.25) is 5.88 Å². The molecule has 2 N–H and O–H groups in total. The van der Waals surface area contributed by atoms with Crippen LogP contribution in [0.3, 0.4) is 0 Å². The summed E-state index contributed by atoms with van der Waals surface area (Å²) >= 11 is 0. The maximum absolute atomic E-state index is 12.4. The Morgan fingerprint density at radius 1 is 1.44 bits per heavy atom. The summed E-state index contributed by atoms with van der Waals surface area (Å²) in [6.45, 7) is 0. The summed E-state index contributed by atoms with van der Waals surface area (Å²) in [6.07, 6.45) is -8.64. The number of nitrogens with zero attached hydrogens (tertiary/aromatic N) is 2. The Balaban J connectivity index is 3.32. The second kappa shape index (κ2) is 4.58. The number of ether oxygens (including phenoxy) is 1. The number of alkyl halides is 5. The van der Waals surface area contributed by atoms with Crippen molar-refractivity contribution in [2.24, 2.45) is 0 Å². The Bertz CT molecular complexity index is 476. The molecule has 100 valence electrons. The zero-order chi connectivity index (χ0) is 14.1. The number of hydrogen-bond donors (Lipinski definition) is 1. The van der Waals surface area contributed by atoms with E-state index in [1.165, 1.54) is 0 Å². The topological polar surface area (TPSA) is 91.3 Å². The summed E-state index contributed by atoms with van der Waals surface area (Å²) in [7, 11) is 0. The van der Waals surface area contributed by atoms with Gasteiger partial charge in [0.25, 0.3) is 6.43 Å². The zero-order valence-corrected chi connectivity index (χ0v) is 8.24. The van der Waals surface area contributed by atoms with E-state index in [1.54, 1.807) is 0 Å².